The van der Waals surface area contributed by atoms with Crippen LogP contribution in [-0.2, 0) is 12.5 Å². The largest absolute Gasteiger partial charge is 0.481 e. The highest BCUT2D eigenvalue weighted by atomic mass is 16.5. The molecular weight excluding hydrogens is 326 g/mol. The molecule has 0 bridgehead atoms. The van der Waals surface area contributed by atoms with Gasteiger partial charge in [0, 0.05) is 19.0 Å². The Hall–Kier alpha value is -2.30. The zero-order chi connectivity index (χ0) is 18.6. The lowest BCUT2D eigenvalue weighted by atomic mass is 9.74. The fourth-order valence-electron chi connectivity index (χ4n) is 4.23. The Labute approximate surface area is 155 Å². The number of hydrogen-bond donors (Lipinski definition) is 1. The highest BCUT2D eigenvalue weighted by Gasteiger charge is 2.34. The number of benzene rings is 1. The van der Waals surface area contributed by atoms with Gasteiger partial charge in [-0.15, -0.1) is 0 Å². The van der Waals surface area contributed by atoms with Gasteiger partial charge in [0.25, 0.3) is 5.91 Å². The van der Waals surface area contributed by atoms with Crippen molar-refractivity contribution in [3.63, 3.8) is 0 Å². The predicted molar refractivity (Wildman–Crippen MR) is 103 cm³/mol. The van der Waals surface area contributed by atoms with E-state index in [0.717, 1.165) is 12.8 Å². The number of nitrogens with zero attached hydrogens (tertiary/aromatic N) is 2. The Kier molecular flexibility index (Phi) is 5.64. The quantitative estimate of drug-likeness (QED) is 0.831. The molecule has 1 N–H and O–H groups in total. The molecule has 5 heteroatoms. The van der Waals surface area contributed by atoms with Gasteiger partial charge in [0.1, 0.15) is 5.56 Å². The first kappa shape index (κ1) is 18.5. The Bertz CT molecular complexity index is 744. The van der Waals surface area contributed by atoms with Crippen molar-refractivity contribution < 1.29 is 9.53 Å². The van der Waals surface area contributed by atoms with Crippen molar-refractivity contribution in [2.75, 3.05) is 13.7 Å². The first-order chi connectivity index (χ1) is 12.6. The summed E-state index contributed by atoms with van der Waals surface area (Å²) in [6, 6.07) is 10.6. The van der Waals surface area contributed by atoms with E-state index >= 15 is 0 Å². The third-order valence-electron chi connectivity index (χ3n) is 5.62. The minimum Gasteiger partial charge on any atom is -0.481 e. The number of nitrogens with one attached hydrogen (secondary N) is 1. The van der Waals surface area contributed by atoms with Crippen LogP contribution in [0.25, 0.3) is 0 Å². The molecular formula is C21H29N3O2. The van der Waals surface area contributed by atoms with Gasteiger partial charge in [-0.3, -0.25) is 4.79 Å². The molecule has 2 aromatic rings. The average molecular weight is 355 g/mol. The summed E-state index contributed by atoms with van der Waals surface area (Å²) in [5, 5.41) is 7.51. The standard InChI is InChI=1S/C21H29N3O2/c1-16-18(20(26-3)24(2)23-16)19(25)22-15-21(13-9-4-5-10-14-21)17-11-7-6-8-12-17/h6-8,11-12H,4-5,9-10,13-15H2,1-3H3,(H,22,25). The van der Waals surface area contributed by atoms with Crippen molar-refractivity contribution in [2.24, 2.45) is 7.05 Å². The van der Waals surface area contributed by atoms with Gasteiger partial charge < -0.3 is 10.1 Å². The van der Waals surface area contributed by atoms with Gasteiger partial charge in [-0.05, 0) is 25.3 Å². The highest BCUT2D eigenvalue weighted by molar-refractivity contribution is 5.97. The molecule has 1 fully saturated rings. The Morgan fingerprint density at radius 2 is 1.85 bits per heavy atom. The minimum atomic E-state index is -0.105. The molecule has 1 aromatic heterocycles. The van der Waals surface area contributed by atoms with Gasteiger partial charge in [0.15, 0.2) is 0 Å². The summed E-state index contributed by atoms with van der Waals surface area (Å²) in [5.41, 5.74) is 2.57. The van der Waals surface area contributed by atoms with Crippen molar-refractivity contribution in [1.29, 1.82) is 0 Å². The van der Waals surface area contributed by atoms with Crippen LogP contribution in [0.1, 0.15) is 60.1 Å². The lowest BCUT2D eigenvalue weighted by molar-refractivity contribution is 0.0936. The molecule has 1 aliphatic rings. The molecule has 0 spiro atoms. The molecule has 0 saturated heterocycles. The normalized spacial score (nSPS) is 16.7. The number of amides is 1. The summed E-state index contributed by atoms with van der Waals surface area (Å²) < 4.78 is 6.99. The lowest BCUT2D eigenvalue weighted by Gasteiger charge is -2.34. The average Bonchev–Trinajstić information content (AvgIpc) is 2.82. The van der Waals surface area contributed by atoms with E-state index in [0.29, 0.717) is 23.7 Å². The maximum absolute atomic E-state index is 12.9. The summed E-state index contributed by atoms with van der Waals surface area (Å²) in [4.78, 5) is 12.9. The van der Waals surface area contributed by atoms with Crippen LogP contribution in [0.2, 0.25) is 0 Å². The van der Waals surface area contributed by atoms with Crippen LogP contribution in [0.5, 0.6) is 5.88 Å². The molecule has 3 rings (SSSR count). The molecule has 1 aliphatic carbocycles. The predicted octanol–water partition coefficient (Wildman–Crippen LogP) is 3.76. The maximum Gasteiger partial charge on any atom is 0.258 e. The van der Waals surface area contributed by atoms with Crippen LogP contribution < -0.4 is 10.1 Å². The number of aromatic nitrogens is 2. The number of aryl methyl sites for hydroxylation is 2. The van der Waals surface area contributed by atoms with Crippen LogP contribution in [-0.4, -0.2) is 29.3 Å². The van der Waals surface area contributed by atoms with Crippen molar-refractivity contribution in [2.45, 2.75) is 50.9 Å². The second-order valence-corrected chi connectivity index (χ2v) is 7.34. The topological polar surface area (TPSA) is 56.1 Å². The van der Waals surface area contributed by atoms with Crippen LogP contribution in [0, 0.1) is 6.92 Å². The third-order valence-corrected chi connectivity index (χ3v) is 5.62. The maximum atomic E-state index is 12.9. The SMILES string of the molecule is COc1c(C(=O)NCC2(c3ccccc3)CCCCCC2)c(C)nn1C. The zero-order valence-electron chi connectivity index (χ0n) is 16.0. The van der Waals surface area contributed by atoms with Crippen LogP contribution >= 0.6 is 0 Å². The molecule has 0 atom stereocenters. The van der Waals surface area contributed by atoms with Crippen molar-refractivity contribution in [3.8, 4) is 5.88 Å². The molecule has 26 heavy (non-hydrogen) atoms. The molecule has 0 aliphatic heterocycles. The van der Waals surface area contributed by atoms with Crippen LogP contribution in [0.3, 0.4) is 0 Å². The van der Waals surface area contributed by atoms with Gasteiger partial charge in [-0.2, -0.15) is 5.10 Å². The molecule has 1 saturated carbocycles. The first-order valence-electron chi connectivity index (χ1n) is 9.49. The Balaban J connectivity index is 1.83. The number of carbonyl (C=O) groups excluding carboxylic acids is 1. The second kappa shape index (κ2) is 7.94. The summed E-state index contributed by atoms with van der Waals surface area (Å²) in [6.45, 7) is 2.49. The number of ether oxygens (including phenoxy) is 1. The van der Waals surface area contributed by atoms with E-state index in [4.69, 9.17) is 4.74 Å². The van der Waals surface area contributed by atoms with E-state index in [9.17, 15) is 4.79 Å². The van der Waals surface area contributed by atoms with Gasteiger partial charge in [0.05, 0.1) is 12.8 Å². The third kappa shape index (κ3) is 3.62. The molecule has 140 valence electrons. The number of methoxy groups -OCH3 is 1. The highest BCUT2D eigenvalue weighted by Crippen LogP contribution is 2.38. The van der Waals surface area contributed by atoms with E-state index < -0.39 is 0 Å². The van der Waals surface area contributed by atoms with E-state index in [-0.39, 0.29) is 11.3 Å². The summed E-state index contributed by atoms with van der Waals surface area (Å²) in [5.74, 6) is 0.404. The molecule has 1 heterocycles. The number of carbonyl (C=O) groups is 1. The van der Waals surface area contributed by atoms with Crippen molar-refractivity contribution >= 4 is 5.91 Å². The van der Waals surface area contributed by atoms with Crippen molar-refractivity contribution in [1.82, 2.24) is 15.1 Å². The van der Waals surface area contributed by atoms with E-state index in [2.05, 4.69) is 40.7 Å². The molecule has 1 amide bonds. The molecule has 5 nitrogen and oxygen atoms in total. The first-order valence-corrected chi connectivity index (χ1v) is 9.49. The van der Waals surface area contributed by atoms with Crippen molar-refractivity contribution in [3.05, 3.63) is 47.2 Å². The summed E-state index contributed by atoms with van der Waals surface area (Å²) >= 11 is 0. The van der Waals surface area contributed by atoms with Gasteiger partial charge >= 0.3 is 0 Å². The Morgan fingerprint density at radius 3 is 2.46 bits per heavy atom. The lowest BCUT2D eigenvalue weighted by Crippen LogP contribution is -2.40. The Morgan fingerprint density at radius 1 is 1.19 bits per heavy atom. The number of hydrogen-bond acceptors (Lipinski definition) is 3. The molecule has 1 aromatic carbocycles. The van der Waals surface area contributed by atoms with Gasteiger partial charge in [0.2, 0.25) is 5.88 Å². The fraction of sp³-hybridized carbons (Fsp3) is 0.524. The summed E-state index contributed by atoms with van der Waals surface area (Å²) in [6.07, 6.45) is 7.19. The van der Waals surface area contributed by atoms with E-state index in [1.165, 1.54) is 31.2 Å². The van der Waals surface area contributed by atoms with Gasteiger partial charge in [-0.25, -0.2) is 4.68 Å². The zero-order valence-corrected chi connectivity index (χ0v) is 16.0. The fourth-order valence-corrected chi connectivity index (χ4v) is 4.23. The second-order valence-electron chi connectivity index (χ2n) is 7.34. The smallest absolute Gasteiger partial charge is 0.258 e. The molecule has 0 unspecified atom stereocenters. The number of rotatable bonds is 5. The van der Waals surface area contributed by atoms with Gasteiger partial charge in [-0.1, -0.05) is 56.0 Å². The summed E-state index contributed by atoms with van der Waals surface area (Å²) in [7, 11) is 3.36. The van der Waals surface area contributed by atoms with E-state index in [1.54, 1.807) is 18.8 Å². The minimum absolute atomic E-state index is 0.0107. The van der Waals surface area contributed by atoms with Crippen LogP contribution in [0.15, 0.2) is 30.3 Å². The van der Waals surface area contributed by atoms with Crippen LogP contribution in [0.4, 0.5) is 0 Å². The molecule has 0 radical (unpaired) electrons. The monoisotopic (exact) mass is 355 g/mol. The van der Waals surface area contributed by atoms with E-state index in [1.807, 2.05) is 6.92 Å².